The molecule has 2 unspecified atom stereocenters. The number of hydrogen-bond donors (Lipinski definition) is 1. The fourth-order valence-corrected chi connectivity index (χ4v) is 3.58. The summed E-state index contributed by atoms with van der Waals surface area (Å²) in [5, 5.41) is 0. The second-order valence-electron chi connectivity index (χ2n) is 6.46. The van der Waals surface area contributed by atoms with Gasteiger partial charge in [-0.3, -0.25) is 9.80 Å². The molecule has 3 rings (SSSR count). The van der Waals surface area contributed by atoms with Crippen molar-refractivity contribution in [3.63, 3.8) is 0 Å². The zero-order chi connectivity index (χ0) is 13.9. The van der Waals surface area contributed by atoms with Crippen LogP contribution in [0.4, 0.5) is 0 Å². The molecule has 0 spiro atoms. The topological polar surface area (TPSA) is 32.5 Å². The van der Waals surface area contributed by atoms with Gasteiger partial charge in [0.2, 0.25) is 0 Å². The summed E-state index contributed by atoms with van der Waals surface area (Å²) < 4.78 is 0. The number of aryl methyl sites for hydroxylation is 1. The number of benzene rings is 1. The monoisotopic (exact) mass is 273 g/mol. The minimum absolute atomic E-state index is 0.146. The molecule has 2 aliphatic rings. The van der Waals surface area contributed by atoms with Gasteiger partial charge in [-0.25, -0.2) is 0 Å². The number of rotatable bonds is 4. The molecule has 3 nitrogen and oxygen atoms in total. The Morgan fingerprint density at radius 1 is 1.15 bits per heavy atom. The second kappa shape index (κ2) is 6.25. The Hall–Kier alpha value is -0.900. The first kappa shape index (κ1) is 14.1. The first-order valence-electron chi connectivity index (χ1n) is 8.01. The lowest BCUT2D eigenvalue weighted by atomic mass is 10.1. The van der Waals surface area contributed by atoms with Crippen LogP contribution in [0.5, 0.6) is 0 Å². The second-order valence-corrected chi connectivity index (χ2v) is 6.46. The Labute approximate surface area is 122 Å². The van der Waals surface area contributed by atoms with E-state index in [9.17, 15) is 0 Å². The fraction of sp³-hybridized carbons (Fsp3) is 0.647. The summed E-state index contributed by atoms with van der Waals surface area (Å²) in [6, 6.07) is 9.59. The normalized spacial score (nSPS) is 26.2. The number of nitrogens with two attached hydrogens (primary N) is 1. The van der Waals surface area contributed by atoms with Gasteiger partial charge in [0.15, 0.2) is 0 Å². The summed E-state index contributed by atoms with van der Waals surface area (Å²) in [4.78, 5) is 5.23. The van der Waals surface area contributed by atoms with E-state index in [-0.39, 0.29) is 6.04 Å². The Bertz CT molecular complexity index is 422. The van der Waals surface area contributed by atoms with Crippen LogP contribution in [0.1, 0.15) is 36.4 Å². The summed E-state index contributed by atoms with van der Waals surface area (Å²) >= 11 is 0. The molecule has 2 heterocycles. The lowest BCUT2D eigenvalue weighted by molar-refractivity contribution is 0.228. The maximum Gasteiger partial charge on any atom is 0.0424 e. The van der Waals surface area contributed by atoms with E-state index in [0.717, 1.165) is 12.6 Å². The molecule has 0 saturated carbocycles. The van der Waals surface area contributed by atoms with E-state index in [1.54, 1.807) is 0 Å². The highest BCUT2D eigenvalue weighted by molar-refractivity contribution is 5.24. The standard InChI is InChI=1S/C17H27N3/c1-14-4-6-15(7-5-14)17(18)13-19-11-8-16(12-19)20-9-2-3-10-20/h4-7,16-17H,2-3,8-13,18H2,1H3. The van der Waals surface area contributed by atoms with Crippen molar-refractivity contribution in [3.05, 3.63) is 35.4 Å². The average molecular weight is 273 g/mol. The minimum atomic E-state index is 0.146. The van der Waals surface area contributed by atoms with Crippen molar-refractivity contribution >= 4 is 0 Å². The van der Waals surface area contributed by atoms with Gasteiger partial charge in [0.05, 0.1) is 0 Å². The lowest BCUT2D eigenvalue weighted by Crippen LogP contribution is -2.37. The molecule has 2 atom stereocenters. The van der Waals surface area contributed by atoms with Crippen molar-refractivity contribution in [1.29, 1.82) is 0 Å². The molecule has 110 valence electrons. The van der Waals surface area contributed by atoms with Crippen molar-refractivity contribution in [2.45, 2.75) is 38.3 Å². The van der Waals surface area contributed by atoms with Crippen molar-refractivity contribution < 1.29 is 0 Å². The van der Waals surface area contributed by atoms with E-state index < -0.39 is 0 Å². The molecule has 0 bridgehead atoms. The smallest absolute Gasteiger partial charge is 0.0424 e. The Kier molecular flexibility index (Phi) is 4.39. The van der Waals surface area contributed by atoms with Crippen molar-refractivity contribution in [2.75, 3.05) is 32.7 Å². The maximum atomic E-state index is 6.37. The van der Waals surface area contributed by atoms with Crippen molar-refractivity contribution in [2.24, 2.45) is 5.73 Å². The molecule has 2 saturated heterocycles. The molecule has 0 aromatic heterocycles. The van der Waals surface area contributed by atoms with Gasteiger partial charge in [-0.05, 0) is 51.4 Å². The molecule has 2 N–H and O–H groups in total. The van der Waals surface area contributed by atoms with E-state index in [2.05, 4.69) is 41.0 Å². The Morgan fingerprint density at radius 3 is 2.55 bits per heavy atom. The summed E-state index contributed by atoms with van der Waals surface area (Å²) in [5.74, 6) is 0. The molecule has 1 aromatic carbocycles. The maximum absolute atomic E-state index is 6.37. The van der Waals surface area contributed by atoms with Crippen LogP contribution >= 0.6 is 0 Å². The molecule has 3 heteroatoms. The zero-order valence-corrected chi connectivity index (χ0v) is 12.6. The fourth-order valence-electron chi connectivity index (χ4n) is 3.58. The van der Waals surface area contributed by atoms with Crippen LogP contribution in [0, 0.1) is 6.92 Å². The van der Waals surface area contributed by atoms with E-state index in [4.69, 9.17) is 5.73 Å². The van der Waals surface area contributed by atoms with E-state index in [0.29, 0.717) is 0 Å². The van der Waals surface area contributed by atoms with Crippen LogP contribution in [0.2, 0.25) is 0 Å². The van der Waals surface area contributed by atoms with Crippen LogP contribution in [0.25, 0.3) is 0 Å². The largest absolute Gasteiger partial charge is 0.323 e. The highest BCUT2D eigenvalue weighted by Crippen LogP contribution is 2.22. The van der Waals surface area contributed by atoms with Gasteiger partial charge < -0.3 is 5.73 Å². The van der Waals surface area contributed by atoms with Crippen LogP contribution < -0.4 is 5.73 Å². The van der Waals surface area contributed by atoms with Crippen LogP contribution in [-0.4, -0.2) is 48.6 Å². The first-order chi connectivity index (χ1) is 9.72. The minimum Gasteiger partial charge on any atom is -0.323 e. The highest BCUT2D eigenvalue weighted by Gasteiger charge is 2.29. The van der Waals surface area contributed by atoms with Gasteiger partial charge in [-0.2, -0.15) is 0 Å². The zero-order valence-electron chi connectivity index (χ0n) is 12.6. The van der Waals surface area contributed by atoms with Crippen molar-refractivity contribution in [1.82, 2.24) is 9.80 Å². The molecule has 0 amide bonds. The lowest BCUT2D eigenvalue weighted by Gasteiger charge is -2.25. The molecule has 2 aliphatic heterocycles. The van der Waals surface area contributed by atoms with Crippen LogP contribution in [0.15, 0.2) is 24.3 Å². The first-order valence-corrected chi connectivity index (χ1v) is 8.01. The molecule has 20 heavy (non-hydrogen) atoms. The molecular weight excluding hydrogens is 246 g/mol. The Morgan fingerprint density at radius 2 is 1.85 bits per heavy atom. The third-order valence-electron chi connectivity index (χ3n) is 4.86. The van der Waals surface area contributed by atoms with Gasteiger partial charge in [-0.1, -0.05) is 29.8 Å². The van der Waals surface area contributed by atoms with Crippen LogP contribution in [-0.2, 0) is 0 Å². The van der Waals surface area contributed by atoms with Gasteiger partial charge in [0, 0.05) is 25.2 Å². The molecule has 0 aliphatic carbocycles. The van der Waals surface area contributed by atoms with Crippen LogP contribution in [0.3, 0.4) is 0 Å². The third kappa shape index (κ3) is 3.22. The van der Waals surface area contributed by atoms with Crippen molar-refractivity contribution in [3.8, 4) is 0 Å². The number of nitrogens with zero attached hydrogens (tertiary/aromatic N) is 2. The van der Waals surface area contributed by atoms with Gasteiger partial charge in [-0.15, -0.1) is 0 Å². The van der Waals surface area contributed by atoms with Gasteiger partial charge in [0.1, 0.15) is 0 Å². The quantitative estimate of drug-likeness (QED) is 0.912. The van der Waals surface area contributed by atoms with Gasteiger partial charge in [0.25, 0.3) is 0 Å². The van der Waals surface area contributed by atoms with E-state index >= 15 is 0 Å². The predicted molar refractivity (Wildman–Crippen MR) is 83.8 cm³/mol. The molecule has 0 radical (unpaired) electrons. The van der Waals surface area contributed by atoms with Gasteiger partial charge >= 0.3 is 0 Å². The number of hydrogen-bond acceptors (Lipinski definition) is 3. The highest BCUT2D eigenvalue weighted by atomic mass is 15.3. The molecular formula is C17H27N3. The predicted octanol–water partition coefficient (Wildman–Crippen LogP) is 2.16. The summed E-state index contributed by atoms with van der Waals surface area (Å²) in [6.07, 6.45) is 4.10. The SMILES string of the molecule is Cc1ccc(C(N)CN2CCC(N3CCCC3)C2)cc1. The number of likely N-dealkylation sites (tertiary alicyclic amines) is 2. The average Bonchev–Trinajstić information content (AvgIpc) is 3.09. The third-order valence-corrected chi connectivity index (χ3v) is 4.86. The molecule has 2 fully saturated rings. The summed E-state index contributed by atoms with van der Waals surface area (Å²) in [5.41, 5.74) is 8.93. The Balaban J connectivity index is 1.52. The molecule has 1 aromatic rings. The van der Waals surface area contributed by atoms with E-state index in [1.807, 2.05) is 0 Å². The van der Waals surface area contributed by atoms with E-state index in [1.165, 1.54) is 56.6 Å². The summed E-state index contributed by atoms with van der Waals surface area (Å²) in [6.45, 7) is 8.15. The summed E-state index contributed by atoms with van der Waals surface area (Å²) in [7, 11) is 0.